The molecule has 0 bridgehead atoms. The molecule has 0 radical (unpaired) electrons. The predicted molar refractivity (Wildman–Crippen MR) is 82.0 cm³/mol. The maximum atomic E-state index is 5.36. The van der Waals surface area contributed by atoms with Gasteiger partial charge >= 0.3 is 0 Å². The van der Waals surface area contributed by atoms with Crippen LogP contribution in [0.1, 0.15) is 60.8 Å². The smallest absolute Gasteiger partial charge is 0.231 e. The van der Waals surface area contributed by atoms with Gasteiger partial charge in [0.15, 0.2) is 5.82 Å². The first-order valence-electron chi connectivity index (χ1n) is 8.10. The van der Waals surface area contributed by atoms with Crippen molar-refractivity contribution >= 4 is 5.82 Å². The Kier molecular flexibility index (Phi) is 3.32. The Morgan fingerprint density at radius 1 is 1.09 bits per heavy atom. The molecule has 0 unspecified atom stereocenters. The van der Waals surface area contributed by atoms with Crippen molar-refractivity contribution < 1.29 is 4.52 Å². The highest BCUT2D eigenvalue weighted by atomic mass is 16.5. The van der Waals surface area contributed by atoms with Crippen LogP contribution in [0.2, 0.25) is 0 Å². The number of piperidine rings is 1. The van der Waals surface area contributed by atoms with Crippen LogP contribution in [0, 0.1) is 13.8 Å². The largest absolute Gasteiger partial charge is 0.356 e. The SMILES string of the molecule is Cc1cc(N2CCC[C@@H](c3nc(C)no3)C2)nc(C2CC2)n1. The molecule has 2 fully saturated rings. The zero-order valence-electron chi connectivity index (χ0n) is 13.1. The van der Waals surface area contributed by atoms with E-state index >= 15 is 0 Å². The summed E-state index contributed by atoms with van der Waals surface area (Å²) in [4.78, 5) is 16.1. The number of hydrogen-bond acceptors (Lipinski definition) is 6. The fourth-order valence-electron chi connectivity index (χ4n) is 3.13. The van der Waals surface area contributed by atoms with E-state index in [9.17, 15) is 0 Å². The highest BCUT2D eigenvalue weighted by Crippen LogP contribution is 2.39. The molecule has 2 aromatic rings. The third-order valence-electron chi connectivity index (χ3n) is 4.44. The Bertz CT molecular complexity index is 679. The Labute approximate surface area is 130 Å². The summed E-state index contributed by atoms with van der Waals surface area (Å²) in [6, 6.07) is 2.09. The molecule has 1 saturated carbocycles. The first kappa shape index (κ1) is 13.7. The van der Waals surface area contributed by atoms with Crippen LogP contribution in [0.25, 0.3) is 0 Å². The molecule has 2 aliphatic rings. The van der Waals surface area contributed by atoms with Crippen LogP contribution in [0.15, 0.2) is 10.6 Å². The van der Waals surface area contributed by atoms with Crippen molar-refractivity contribution in [3.05, 3.63) is 29.3 Å². The zero-order chi connectivity index (χ0) is 15.1. The average Bonchev–Trinajstić information content (AvgIpc) is 3.29. The highest BCUT2D eigenvalue weighted by molar-refractivity contribution is 5.41. The van der Waals surface area contributed by atoms with Gasteiger partial charge in [-0.1, -0.05) is 5.16 Å². The first-order chi connectivity index (χ1) is 10.7. The summed E-state index contributed by atoms with van der Waals surface area (Å²) in [5, 5.41) is 3.92. The number of rotatable bonds is 3. The molecule has 2 aromatic heterocycles. The van der Waals surface area contributed by atoms with E-state index in [-0.39, 0.29) is 0 Å². The van der Waals surface area contributed by atoms with E-state index in [2.05, 4.69) is 33.0 Å². The van der Waals surface area contributed by atoms with E-state index in [1.54, 1.807) is 0 Å². The van der Waals surface area contributed by atoms with Gasteiger partial charge in [-0.3, -0.25) is 0 Å². The summed E-state index contributed by atoms with van der Waals surface area (Å²) in [5.41, 5.74) is 1.06. The summed E-state index contributed by atoms with van der Waals surface area (Å²) >= 11 is 0. The minimum atomic E-state index is 0.301. The van der Waals surface area contributed by atoms with Gasteiger partial charge in [-0.15, -0.1) is 0 Å². The second kappa shape index (κ2) is 5.34. The molecule has 0 aromatic carbocycles. The van der Waals surface area contributed by atoms with Crippen molar-refractivity contribution in [1.29, 1.82) is 0 Å². The van der Waals surface area contributed by atoms with Crippen molar-refractivity contribution in [3.8, 4) is 0 Å². The lowest BCUT2D eigenvalue weighted by atomic mass is 9.98. The Balaban J connectivity index is 1.57. The predicted octanol–water partition coefficient (Wildman–Crippen LogP) is 2.74. The molecule has 1 saturated heterocycles. The lowest BCUT2D eigenvalue weighted by Gasteiger charge is -2.32. The van der Waals surface area contributed by atoms with Gasteiger partial charge in [-0.25, -0.2) is 9.97 Å². The van der Waals surface area contributed by atoms with Gasteiger partial charge in [0.2, 0.25) is 5.89 Å². The second-order valence-corrected chi connectivity index (χ2v) is 6.46. The fourth-order valence-corrected chi connectivity index (χ4v) is 3.13. The van der Waals surface area contributed by atoms with Gasteiger partial charge in [-0.2, -0.15) is 4.98 Å². The molecule has 22 heavy (non-hydrogen) atoms. The molecule has 1 aliphatic carbocycles. The van der Waals surface area contributed by atoms with Crippen molar-refractivity contribution in [2.24, 2.45) is 0 Å². The summed E-state index contributed by atoms with van der Waals surface area (Å²) in [5.74, 6) is 4.42. The van der Waals surface area contributed by atoms with E-state index in [0.29, 0.717) is 17.7 Å². The lowest BCUT2D eigenvalue weighted by Crippen LogP contribution is -2.35. The Morgan fingerprint density at radius 2 is 1.95 bits per heavy atom. The summed E-state index contributed by atoms with van der Waals surface area (Å²) in [6.07, 6.45) is 4.67. The number of hydrogen-bond donors (Lipinski definition) is 0. The minimum absolute atomic E-state index is 0.301. The molecule has 1 aliphatic heterocycles. The van der Waals surface area contributed by atoms with Crippen LogP contribution in [0.4, 0.5) is 5.82 Å². The maximum Gasteiger partial charge on any atom is 0.231 e. The Hall–Kier alpha value is -1.98. The second-order valence-electron chi connectivity index (χ2n) is 6.46. The van der Waals surface area contributed by atoms with Crippen molar-refractivity contribution in [2.75, 3.05) is 18.0 Å². The third-order valence-corrected chi connectivity index (χ3v) is 4.44. The van der Waals surface area contributed by atoms with E-state index < -0.39 is 0 Å². The topological polar surface area (TPSA) is 67.9 Å². The van der Waals surface area contributed by atoms with Gasteiger partial charge in [-0.05, 0) is 39.5 Å². The summed E-state index contributed by atoms with van der Waals surface area (Å²) < 4.78 is 5.36. The summed E-state index contributed by atoms with van der Waals surface area (Å²) in [6.45, 7) is 5.84. The molecular formula is C16H21N5O. The van der Waals surface area contributed by atoms with Crippen LogP contribution in [-0.2, 0) is 0 Å². The first-order valence-corrected chi connectivity index (χ1v) is 8.10. The van der Waals surface area contributed by atoms with Crippen molar-refractivity contribution in [1.82, 2.24) is 20.1 Å². The quantitative estimate of drug-likeness (QED) is 0.868. The van der Waals surface area contributed by atoms with Crippen LogP contribution >= 0.6 is 0 Å². The fraction of sp³-hybridized carbons (Fsp3) is 0.625. The van der Waals surface area contributed by atoms with Crippen LogP contribution in [0.5, 0.6) is 0 Å². The van der Waals surface area contributed by atoms with E-state index in [4.69, 9.17) is 9.51 Å². The number of aryl methyl sites for hydroxylation is 2. The average molecular weight is 299 g/mol. The zero-order valence-corrected chi connectivity index (χ0v) is 13.1. The van der Waals surface area contributed by atoms with Gasteiger partial charge in [0, 0.05) is 30.8 Å². The van der Waals surface area contributed by atoms with E-state index in [0.717, 1.165) is 49.2 Å². The third kappa shape index (κ3) is 2.69. The van der Waals surface area contributed by atoms with Crippen molar-refractivity contribution in [3.63, 3.8) is 0 Å². The molecule has 0 N–H and O–H groups in total. The molecule has 116 valence electrons. The number of nitrogens with zero attached hydrogens (tertiary/aromatic N) is 5. The maximum absolute atomic E-state index is 5.36. The molecule has 6 heteroatoms. The molecule has 1 atom stereocenters. The monoisotopic (exact) mass is 299 g/mol. The van der Waals surface area contributed by atoms with Crippen LogP contribution in [-0.4, -0.2) is 33.2 Å². The van der Waals surface area contributed by atoms with Gasteiger partial charge in [0.25, 0.3) is 0 Å². The number of aromatic nitrogens is 4. The summed E-state index contributed by atoms with van der Waals surface area (Å²) in [7, 11) is 0. The van der Waals surface area contributed by atoms with Crippen LogP contribution in [0.3, 0.4) is 0 Å². The van der Waals surface area contributed by atoms with Crippen molar-refractivity contribution in [2.45, 2.75) is 51.4 Å². The molecule has 3 heterocycles. The van der Waals surface area contributed by atoms with E-state index in [1.165, 1.54) is 12.8 Å². The van der Waals surface area contributed by atoms with Gasteiger partial charge < -0.3 is 9.42 Å². The highest BCUT2D eigenvalue weighted by Gasteiger charge is 2.30. The molecule has 6 nitrogen and oxygen atoms in total. The standard InChI is InChI=1S/C16H21N5O/c1-10-8-14(19-15(17-10)12-5-6-12)21-7-3-4-13(9-21)16-18-11(2)20-22-16/h8,12-13H,3-7,9H2,1-2H3/t13-/m1/s1. The van der Waals surface area contributed by atoms with Gasteiger partial charge in [0.1, 0.15) is 11.6 Å². The normalized spacial score (nSPS) is 22.1. The molecule has 0 amide bonds. The lowest BCUT2D eigenvalue weighted by molar-refractivity contribution is 0.331. The molecule has 4 rings (SSSR count). The molecule has 0 spiro atoms. The minimum Gasteiger partial charge on any atom is -0.356 e. The molecular weight excluding hydrogens is 278 g/mol. The Morgan fingerprint density at radius 3 is 2.68 bits per heavy atom. The van der Waals surface area contributed by atoms with Gasteiger partial charge in [0.05, 0.1) is 5.92 Å². The number of anilines is 1. The van der Waals surface area contributed by atoms with E-state index in [1.807, 2.05) is 6.92 Å². The van der Waals surface area contributed by atoms with Crippen LogP contribution < -0.4 is 4.90 Å².